The Morgan fingerprint density at radius 2 is 1.55 bits per heavy atom. The van der Waals surface area contributed by atoms with Crippen LogP contribution in [0.2, 0.25) is 0 Å². The number of carboxylic acid groups (broad SMARTS) is 1. The molecule has 0 atom stereocenters. The molecule has 0 fully saturated rings. The quantitative estimate of drug-likeness (QED) is 0.239. The second-order valence-electron chi connectivity index (χ2n) is 14.4. The van der Waals surface area contributed by atoms with Crippen LogP contribution >= 0.6 is 0 Å². The van der Waals surface area contributed by atoms with Crippen LogP contribution in [0.1, 0.15) is 93.3 Å². The highest BCUT2D eigenvalue weighted by Gasteiger charge is 2.49. The van der Waals surface area contributed by atoms with E-state index in [4.69, 9.17) is 14.2 Å². The monoisotopic (exact) mass is 641 g/mol. The van der Waals surface area contributed by atoms with Crippen molar-refractivity contribution in [3.8, 4) is 11.5 Å². The maximum atomic E-state index is 14.2. The number of nitrogens with zero attached hydrogens (tertiary/aromatic N) is 1. The first-order valence-electron chi connectivity index (χ1n) is 16.4. The molecule has 0 saturated carbocycles. The van der Waals surface area contributed by atoms with Crippen LogP contribution in [-0.4, -0.2) is 54.4 Å². The zero-order chi connectivity index (χ0) is 34.1. The molecule has 2 aromatic carbocycles. The summed E-state index contributed by atoms with van der Waals surface area (Å²) in [6, 6.07) is 10.5. The fourth-order valence-electron chi connectivity index (χ4n) is 7.32. The maximum absolute atomic E-state index is 14.2. The predicted molar refractivity (Wildman–Crippen MR) is 181 cm³/mol. The van der Waals surface area contributed by atoms with Crippen molar-refractivity contribution in [3.05, 3.63) is 93.8 Å². The molecule has 5 rings (SSSR count). The number of rotatable bonds is 12. The third kappa shape index (κ3) is 7.08. The van der Waals surface area contributed by atoms with E-state index in [0.717, 1.165) is 40.9 Å². The van der Waals surface area contributed by atoms with Gasteiger partial charge in [-0.2, -0.15) is 0 Å². The van der Waals surface area contributed by atoms with Crippen LogP contribution in [0.5, 0.6) is 11.5 Å². The number of benzene rings is 2. The molecule has 250 valence electrons. The topological polar surface area (TPSA) is 102 Å². The molecular weight excluding hydrogens is 594 g/mol. The lowest BCUT2D eigenvalue weighted by Crippen LogP contribution is -2.45. The van der Waals surface area contributed by atoms with Gasteiger partial charge in [0, 0.05) is 60.5 Å². The summed E-state index contributed by atoms with van der Waals surface area (Å²) in [5.74, 6) is -0.275. The van der Waals surface area contributed by atoms with Crippen molar-refractivity contribution in [1.82, 2.24) is 4.90 Å². The lowest BCUT2D eigenvalue weighted by molar-refractivity contribution is -0.119. The Labute approximate surface area is 278 Å². The Balaban J connectivity index is 1.67. The third-order valence-corrected chi connectivity index (χ3v) is 9.28. The molecule has 1 N–H and O–H groups in total. The number of ether oxygens (including phenoxy) is 3. The number of ketones is 2. The lowest BCUT2D eigenvalue weighted by atomic mass is 9.63. The standard InChI is InChI=1S/C39H47NO7/c1-8-10-26-17-27(18-32(46-9-2)36(26)47-23-24-11-13-25(14-12-24)37(43)44)33-34-28(19-38(3,4)21-30(34)41)40(15-16-45-7)29-20-39(5,6)22-31(42)35(29)33/h8,11-14,17-18,33H,1,9-10,15-16,19-23H2,2-7H3,(H,43,44). The largest absolute Gasteiger partial charge is 0.490 e. The molecule has 0 bridgehead atoms. The number of carbonyl (C=O) groups is 3. The zero-order valence-electron chi connectivity index (χ0n) is 28.5. The third-order valence-electron chi connectivity index (χ3n) is 9.28. The highest BCUT2D eigenvalue weighted by Crippen LogP contribution is 2.55. The van der Waals surface area contributed by atoms with Gasteiger partial charge in [-0.1, -0.05) is 52.0 Å². The Morgan fingerprint density at radius 1 is 0.957 bits per heavy atom. The Kier molecular flexibility index (Phi) is 9.83. The van der Waals surface area contributed by atoms with E-state index in [0.29, 0.717) is 61.7 Å². The summed E-state index contributed by atoms with van der Waals surface area (Å²) in [4.78, 5) is 42.0. The van der Waals surface area contributed by atoms with E-state index >= 15 is 0 Å². The molecule has 8 heteroatoms. The fraction of sp³-hybridized carbons (Fsp3) is 0.462. The molecular formula is C39H47NO7. The van der Waals surface area contributed by atoms with Gasteiger partial charge in [0.1, 0.15) is 6.61 Å². The number of allylic oxidation sites excluding steroid dienone is 5. The van der Waals surface area contributed by atoms with Crippen LogP contribution in [0.4, 0.5) is 0 Å². The van der Waals surface area contributed by atoms with Crippen LogP contribution in [-0.2, 0) is 27.4 Å². The average Bonchev–Trinajstić information content (AvgIpc) is 2.98. The van der Waals surface area contributed by atoms with Gasteiger partial charge in [0.05, 0.1) is 18.8 Å². The Bertz CT molecular complexity index is 1590. The summed E-state index contributed by atoms with van der Waals surface area (Å²) in [7, 11) is 1.67. The fourth-order valence-corrected chi connectivity index (χ4v) is 7.32. The van der Waals surface area contributed by atoms with Gasteiger partial charge >= 0.3 is 5.97 Å². The zero-order valence-corrected chi connectivity index (χ0v) is 28.5. The highest BCUT2D eigenvalue weighted by molar-refractivity contribution is 6.07. The van der Waals surface area contributed by atoms with E-state index in [-0.39, 0.29) is 34.6 Å². The predicted octanol–water partition coefficient (Wildman–Crippen LogP) is 7.42. The summed E-state index contributed by atoms with van der Waals surface area (Å²) in [6.07, 6.45) is 4.53. The van der Waals surface area contributed by atoms with E-state index in [1.54, 1.807) is 37.5 Å². The summed E-state index contributed by atoms with van der Waals surface area (Å²) < 4.78 is 18.1. The Morgan fingerprint density at radius 3 is 2.06 bits per heavy atom. The molecule has 0 radical (unpaired) electrons. The first kappa shape index (κ1) is 34.2. The second kappa shape index (κ2) is 13.5. The van der Waals surface area contributed by atoms with Crippen molar-refractivity contribution in [2.45, 2.75) is 79.2 Å². The maximum Gasteiger partial charge on any atom is 0.335 e. The smallest absolute Gasteiger partial charge is 0.335 e. The SMILES string of the molecule is C=CCc1cc(C2C3=C(CC(C)(C)CC3=O)N(CCOC)C3=C2C(=O)CC(C)(C)C3)cc(OCC)c1OCc1ccc(C(=O)O)cc1. The van der Waals surface area contributed by atoms with Gasteiger partial charge in [0.25, 0.3) is 0 Å². The molecule has 1 aliphatic heterocycles. The number of aromatic carboxylic acids is 1. The van der Waals surface area contributed by atoms with E-state index in [2.05, 4.69) is 39.2 Å². The number of methoxy groups -OCH3 is 1. The minimum Gasteiger partial charge on any atom is -0.490 e. The second-order valence-corrected chi connectivity index (χ2v) is 14.4. The summed E-state index contributed by atoms with van der Waals surface area (Å²) in [5, 5.41) is 9.28. The molecule has 0 unspecified atom stereocenters. The van der Waals surface area contributed by atoms with E-state index in [9.17, 15) is 19.5 Å². The molecule has 2 aliphatic carbocycles. The Hall–Kier alpha value is -4.17. The van der Waals surface area contributed by atoms with Crippen molar-refractivity contribution in [2.75, 3.05) is 26.9 Å². The minimum atomic E-state index is -0.985. The van der Waals surface area contributed by atoms with Gasteiger partial charge in [0.15, 0.2) is 23.1 Å². The molecule has 0 spiro atoms. The average molecular weight is 642 g/mol. The van der Waals surface area contributed by atoms with Gasteiger partial charge in [-0.05, 0) is 66.3 Å². The number of carboxylic acids is 1. The first-order valence-corrected chi connectivity index (χ1v) is 16.4. The van der Waals surface area contributed by atoms with Crippen LogP contribution in [0, 0.1) is 10.8 Å². The van der Waals surface area contributed by atoms with Crippen molar-refractivity contribution in [2.24, 2.45) is 10.8 Å². The van der Waals surface area contributed by atoms with Crippen LogP contribution in [0.3, 0.4) is 0 Å². The summed E-state index contributed by atoms with van der Waals surface area (Å²) in [5.41, 5.74) is 5.63. The first-order chi connectivity index (χ1) is 22.3. The molecule has 0 amide bonds. The molecule has 8 nitrogen and oxygen atoms in total. The molecule has 1 heterocycles. The van der Waals surface area contributed by atoms with Gasteiger partial charge in [-0.15, -0.1) is 6.58 Å². The van der Waals surface area contributed by atoms with Crippen molar-refractivity contribution in [1.29, 1.82) is 0 Å². The van der Waals surface area contributed by atoms with Gasteiger partial charge in [0.2, 0.25) is 0 Å². The van der Waals surface area contributed by atoms with Crippen LogP contribution in [0.25, 0.3) is 0 Å². The number of carbonyl (C=O) groups excluding carboxylic acids is 2. The van der Waals surface area contributed by atoms with Crippen molar-refractivity contribution < 1.29 is 33.7 Å². The number of hydrogen-bond acceptors (Lipinski definition) is 7. The van der Waals surface area contributed by atoms with Gasteiger partial charge in [-0.25, -0.2) is 4.79 Å². The lowest BCUT2D eigenvalue weighted by Gasteiger charge is -2.49. The molecule has 2 aromatic rings. The van der Waals surface area contributed by atoms with E-state index in [1.165, 1.54) is 0 Å². The number of hydrogen-bond donors (Lipinski definition) is 1. The number of Topliss-reactive ketones (excluding diaryl/α,β-unsaturated/α-hetero) is 2. The molecule has 3 aliphatic rings. The van der Waals surface area contributed by atoms with Crippen molar-refractivity contribution >= 4 is 17.5 Å². The summed E-state index contributed by atoms with van der Waals surface area (Å²) >= 11 is 0. The van der Waals surface area contributed by atoms with E-state index in [1.807, 2.05) is 19.1 Å². The summed E-state index contributed by atoms with van der Waals surface area (Å²) in [6.45, 7) is 16.1. The van der Waals surface area contributed by atoms with Gasteiger partial charge in [-0.3, -0.25) is 9.59 Å². The molecule has 47 heavy (non-hydrogen) atoms. The van der Waals surface area contributed by atoms with Crippen LogP contribution < -0.4 is 9.47 Å². The van der Waals surface area contributed by atoms with E-state index < -0.39 is 11.9 Å². The minimum absolute atomic E-state index is 0.0706. The highest BCUT2D eigenvalue weighted by atomic mass is 16.5. The van der Waals surface area contributed by atoms with Gasteiger partial charge < -0.3 is 24.2 Å². The molecule has 0 saturated heterocycles. The molecule has 0 aromatic heterocycles. The van der Waals surface area contributed by atoms with Crippen molar-refractivity contribution in [3.63, 3.8) is 0 Å². The van der Waals surface area contributed by atoms with Crippen LogP contribution in [0.15, 0.2) is 71.6 Å². The normalized spacial score (nSPS) is 19.0.